The number of rotatable bonds is 7. The first-order chi connectivity index (χ1) is 12.4. The molecular weight excluding hydrogens is 336 g/mol. The van der Waals surface area contributed by atoms with Crippen molar-refractivity contribution >= 4 is 22.8 Å². The Bertz CT molecular complexity index is 849. The van der Waals surface area contributed by atoms with Crippen LogP contribution in [0, 0.1) is 18.3 Å². The molecule has 0 saturated carbocycles. The van der Waals surface area contributed by atoms with Crippen molar-refractivity contribution in [2.45, 2.75) is 33.3 Å². The highest BCUT2D eigenvalue weighted by atomic mass is 16.6. The molecule has 0 fully saturated rings. The van der Waals surface area contributed by atoms with Crippen LogP contribution < -0.4 is 4.74 Å². The molecule has 0 unspecified atom stereocenters. The number of carbonyl (C=O) groups excluding carboxylic acids is 2. The number of carbonyl (C=O) groups is 2. The molecule has 0 aliphatic heterocycles. The Morgan fingerprint density at radius 3 is 2.77 bits per heavy atom. The van der Waals surface area contributed by atoms with E-state index in [1.54, 1.807) is 32.2 Å². The van der Waals surface area contributed by atoms with E-state index in [0.717, 1.165) is 5.39 Å². The summed E-state index contributed by atoms with van der Waals surface area (Å²) in [5.74, 6) is -0.327. The summed E-state index contributed by atoms with van der Waals surface area (Å²) in [4.78, 5) is 26.0. The fourth-order valence-electron chi connectivity index (χ4n) is 2.55. The first kappa shape index (κ1) is 19.3. The molecule has 2 aromatic rings. The number of nitriles is 1. The molecular formula is C19H22N2O5. The normalized spacial score (nSPS) is 11.7. The zero-order valence-corrected chi connectivity index (χ0v) is 15.4. The second-order valence-corrected chi connectivity index (χ2v) is 5.86. The fraction of sp³-hybridized carbons (Fsp3) is 0.421. The molecule has 1 atom stereocenters. The van der Waals surface area contributed by atoms with Crippen molar-refractivity contribution in [2.24, 2.45) is 0 Å². The fourth-order valence-corrected chi connectivity index (χ4v) is 2.55. The van der Waals surface area contributed by atoms with Gasteiger partial charge in [-0.15, -0.1) is 0 Å². The third-order valence-electron chi connectivity index (χ3n) is 3.97. The molecule has 26 heavy (non-hydrogen) atoms. The van der Waals surface area contributed by atoms with E-state index in [2.05, 4.69) is 0 Å². The Morgan fingerprint density at radius 2 is 2.12 bits per heavy atom. The maximum atomic E-state index is 12.4. The average Bonchev–Trinajstić information content (AvgIpc) is 2.95. The second-order valence-electron chi connectivity index (χ2n) is 5.86. The van der Waals surface area contributed by atoms with Crippen LogP contribution in [0.15, 0.2) is 22.6 Å². The van der Waals surface area contributed by atoms with Crippen LogP contribution in [-0.2, 0) is 9.53 Å². The predicted octanol–water partition coefficient (Wildman–Crippen LogP) is 3.06. The van der Waals surface area contributed by atoms with Gasteiger partial charge in [-0.3, -0.25) is 4.79 Å². The van der Waals surface area contributed by atoms with Gasteiger partial charge in [0.15, 0.2) is 6.10 Å². The Balaban J connectivity index is 2.15. The van der Waals surface area contributed by atoms with Gasteiger partial charge in [0.25, 0.3) is 5.91 Å². The highest BCUT2D eigenvalue weighted by molar-refractivity contribution is 5.97. The Morgan fingerprint density at radius 1 is 1.38 bits per heavy atom. The van der Waals surface area contributed by atoms with Crippen molar-refractivity contribution in [3.8, 4) is 11.8 Å². The SMILES string of the molecule is CCOc1ccc2oc(C(=O)O[C@H](C)C(=O)N(C)CCC#N)c(C)c2c1. The molecule has 1 amide bonds. The van der Waals surface area contributed by atoms with Crippen LogP contribution in [0.25, 0.3) is 11.0 Å². The molecule has 0 radical (unpaired) electrons. The van der Waals surface area contributed by atoms with Gasteiger partial charge in [0, 0.05) is 24.5 Å². The summed E-state index contributed by atoms with van der Waals surface area (Å²) in [5, 5.41) is 9.35. The summed E-state index contributed by atoms with van der Waals surface area (Å²) in [5.41, 5.74) is 1.17. The van der Waals surface area contributed by atoms with E-state index in [4.69, 9.17) is 19.2 Å². The van der Waals surface area contributed by atoms with E-state index in [9.17, 15) is 9.59 Å². The van der Waals surface area contributed by atoms with Crippen LogP contribution in [0.4, 0.5) is 0 Å². The summed E-state index contributed by atoms with van der Waals surface area (Å²) in [6.45, 7) is 5.95. The van der Waals surface area contributed by atoms with Crippen LogP contribution in [0.1, 0.15) is 36.4 Å². The molecule has 0 saturated heterocycles. The van der Waals surface area contributed by atoms with E-state index in [1.165, 1.54) is 11.8 Å². The smallest absolute Gasteiger partial charge is 0.375 e. The van der Waals surface area contributed by atoms with Crippen molar-refractivity contribution in [3.05, 3.63) is 29.5 Å². The second kappa shape index (κ2) is 8.39. The Hall–Kier alpha value is -3.01. The van der Waals surface area contributed by atoms with Crippen molar-refractivity contribution in [1.82, 2.24) is 4.90 Å². The number of nitrogens with zero attached hydrogens (tertiary/aromatic N) is 2. The third kappa shape index (κ3) is 4.14. The van der Waals surface area contributed by atoms with Crippen molar-refractivity contribution in [1.29, 1.82) is 5.26 Å². The number of amides is 1. The first-order valence-corrected chi connectivity index (χ1v) is 8.37. The topological polar surface area (TPSA) is 92.8 Å². The minimum absolute atomic E-state index is 0.0629. The van der Waals surface area contributed by atoms with Crippen LogP contribution in [0.5, 0.6) is 5.75 Å². The molecule has 0 N–H and O–H groups in total. The number of furan rings is 1. The van der Waals surface area contributed by atoms with Gasteiger partial charge in [0.2, 0.25) is 5.76 Å². The van der Waals surface area contributed by atoms with Gasteiger partial charge in [-0.2, -0.15) is 5.26 Å². The third-order valence-corrected chi connectivity index (χ3v) is 3.97. The van der Waals surface area contributed by atoms with Gasteiger partial charge in [-0.25, -0.2) is 4.79 Å². The van der Waals surface area contributed by atoms with E-state index >= 15 is 0 Å². The molecule has 7 heteroatoms. The molecule has 1 heterocycles. The van der Waals surface area contributed by atoms with Gasteiger partial charge >= 0.3 is 5.97 Å². The van der Waals surface area contributed by atoms with E-state index in [0.29, 0.717) is 23.5 Å². The molecule has 138 valence electrons. The molecule has 0 aliphatic carbocycles. The lowest BCUT2D eigenvalue weighted by Gasteiger charge is -2.20. The highest BCUT2D eigenvalue weighted by Crippen LogP contribution is 2.29. The molecule has 0 spiro atoms. The van der Waals surface area contributed by atoms with Crippen LogP contribution in [0.2, 0.25) is 0 Å². The molecule has 7 nitrogen and oxygen atoms in total. The lowest BCUT2D eigenvalue weighted by atomic mass is 10.1. The van der Waals surface area contributed by atoms with Crippen molar-refractivity contribution < 1.29 is 23.5 Å². The van der Waals surface area contributed by atoms with E-state index in [-0.39, 0.29) is 24.6 Å². The van der Waals surface area contributed by atoms with Crippen LogP contribution in [-0.4, -0.2) is 43.1 Å². The van der Waals surface area contributed by atoms with Gasteiger partial charge in [0.1, 0.15) is 11.3 Å². The molecule has 0 aliphatic rings. The zero-order chi connectivity index (χ0) is 19.3. The number of ether oxygens (including phenoxy) is 2. The summed E-state index contributed by atoms with van der Waals surface area (Å²) in [7, 11) is 1.56. The quantitative estimate of drug-likeness (QED) is 0.706. The minimum atomic E-state index is -0.974. The maximum Gasteiger partial charge on any atom is 0.375 e. The average molecular weight is 358 g/mol. The van der Waals surface area contributed by atoms with E-state index < -0.39 is 12.1 Å². The maximum absolute atomic E-state index is 12.4. The number of aryl methyl sites for hydroxylation is 1. The van der Waals surface area contributed by atoms with Crippen molar-refractivity contribution in [2.75, 3.05) is 20.2 Å². The van der Waals surface area contributed by atoms with Gasteiger partial charge in [-0.1, -0.05) is 0 Å². The zero-order valence-electron chi connectivity index (χ0n) is 15.4. The molecule has 1 aromatic heterocycles. The predicted molar refractivity (Wildman–Crippen MR) is 94.9 cm³/mol. The van der Waals surface area contributed by atoms with Gasteiger partial charge in [0.05, 0.1) is 19.1 Å². The molecule has 0 bridgehead atoms. The minimum Gasteiger partial charge on any atom is -0.494 e. The first-order valence-electron chi connectivity index (χ1n) is 8.37. The lowest BCUT2D eigenvalue weighted by Crippen LogP contribution is -2.37. The standard InChI is InChI=1S/C19H22N2O5/c1-5-24-14-7-8-16-15(11-14)12(2)17(26-16)19(23)25-13(3)18(22)21(4)10-6-9-20/h7-8,11,13H,5-6,10H2,1-4H3/t13-/m1/s1. The highest BCUT2D eigenvalue weighted by Gasteiger charge is 2.26. The number of hydrogen-bond acceptors (Lipinski definition) is 6. The number of fused-ring (bicyclic) bond motifs is 1. The Kier molecular flexibility index (Phi) is 6.23. The molecule has 1 aromatic carbocycles. The summed E-state index contributed by atoms with van der Waals surface area (Å²) in [6, 6.07) is 7.27. The number of esters is 1. The number of hydrogen-bond donors (Lipinski definition) is 0. The van der Waals surface area contributed by atoms with Crippen LogP contribution in [0.3, 0.4) is 0 Å². The van der Waals surface area contributed by atoms with Crippen molar-refractivity contribution in [3.63, 3.8) is 0 Å². The number of likely N-dealkylation sites (N-methyl/N-ethyl adjacent to an activating group) is 1. The lowest BCUT2D eigenvalue weighted by molar-refractivity contribution is -0.138. The van der Waals surface area contributed by atoms with E-state index in [1.807, 2.05) is 13.0 Å². The van der Waals surface area contributed by atoms with Gasteiger partial charge in [-0.05, 0) is 39.0 Å². The van der Waals surface area contributed by atoms with Gasteiger partial charge < -0.3 is 18.8 Å². The summed E-state index contributed by atoms with van der Waals surface area (Å²) >= 11 is 0. The largest absolute Gasteiger partial charge is 0.494 e. The number of benzene rings is 1. The summed E-state index contributed by atoms with van der Waals surface area (Å²) < 4.78 is 16.3. The molecule has 2 rings (SSSR count). The van der Waals surface area contributed by atoms with Crippen LogP contribution >= 0.6 is 0 Å². The summed E-state index contributed by atoms with van der Waals surface area (Å²) in [6.07, 6.45) is -0.758. The monoisotopic (exact) mass is 358 g/mol. The Labute approximate surface area is 152 Å².